The Hall–Kier alpha value is -2.71. The zero-order valence-corrected chi connectivity index (χ0v) is 15.4. The van der Waals surface area contributed by atoms with Crippen LogP contribution >= 0.6 is 0 Å². The second-order valence-corrected chi connectivity index (χ2v) is 6.58. The van der Waals surface area contributed by atoms with Crippen LogP contribution < -0.4 is 0 Å². The average molecular weight is 344 g/mol. The zero-order valence-electron chi connectivity index (χ0n) is 15.4. The molecule has 26 heavy (non-hydrogen) atoms. The number of benzene rings is 3. The van der Waals surface area contributed by atoms with E-state index in [0.717, 1.165) is 28.7 Å². The van der Waals surface area contributed by atoms with Crippen molar-refractivity contribution in [1.82, 2.24) is 0 Å². The summed E-state index contributed by atoms with van der Waals surface area (Å²) in [6.07, 6.45) is 1.28. The monoisotopic (exact) mass is 344 g/mol. The molecule has 0 aromatic heterocycles. The highest BCUT2D eigenvalue weighted by atomic mass is 16.5. The molecule has 2 heteroatoms. The number of carbonyl (C=O) groups excluding carboxylic acids is 1. The Bertz CT molecular complexity index is 864. The van der Waals surface area contributed by atoms with Gasteiger partial charge in [-0.1, -0.05) is 72.3 Å². The van der Waals surface area contributed by atoms with E-state index in [4.69, 9.17) is 4.74 Å². The minimum atomic E-state index is 0.168. The van der Waals surface area contributed by atoms with Gasteiger partial charge in [-0.25, -0.2) is 0 Å². The lowest BCUT2D eigenvalue weighted by atomic mass is 9.94. The average Bonchev–Trinajstić information content (AvgIpc) is 2.68. The number of ether oxygens (including phenoxy) is 1. The lowest BCUT2D eigenvalue weighted by Crippen LogP contribution is -2.03. The molecule has 0 aliphatic carbocycles. The van der Waals surface area contributed by atoms with Crippen LogP contribution in [0.1, 0.15) is 33.5 Å². The highest BCUT2D eigenvalue weighted by Crippen LogP contribution is 2.26. The van der Waals surface area contributed by atoms with Gasteiger partial charge in [-0.05, 0) is 41.7 Å². The number of methoxy groups -OCH3 is 1. The molecule has 0 unspecified atom stereocenters. The first-order valence-electron chi connectivity index (χ1n) is 8.93. The van der Waals surface area contributed by atoms with Gasteiger partial charge < -0.3 is 4.74 Å². The van der Waals surface area contributed by atoms with Crippen molar-refractivity contribution in [2.45, 2.75) is 26.4 Å². The highest BCUT2D eigenvalue weighted by Gasteiger charge is 2.11. The van der Waals surface area contributed by atoms with Gasteiger partial charge in [0, 0.05) is 19.1 Å². The zero-order chi connectivity index (χ0) is 18.4. The summed E-state index contributed by atoms with van der Waals surface area (Å²) in [6, 6.07) is 24.5. The molecule has 0 amide bonds. The normalized spacial score (nSPS) is 10.7. The highest BCUT2D eigenvalue weighted by molar-refractivity contribution is 5.97. The van der Waals surface area contributed by atoms with Gasteiger partial charge in [0.2, 0.25) is 0 Å². The minimum Gasteiger partial charge on any atom is -0.380 e. The molecule has 0 radical (unpaired) electrons. The Kier molecular flexibility index (Phi) is 5.98. The van der Waals surface area contributed by atoms with Gasteiger partial charge in [-0.15, -0.1) is 0 Å². The van der Waals surface area contributed by atoms with Gasteiger partial charge in [-0.2, -0.15) is 0 Å². The van der Waals surface area contributed by atoms with E-state index in [1.54, 1.807) is 7.11 Å². The molecule has 0 saturated heterocycles. The van der Waals surface area contributed by atoms with Crippen molar-refractivity contribution >= 4 is 5.78 Å². The summed E-state index contributed by atoms with van der Waals surface area (Å²) in [5, 5.41) is 0. The molecule has 0 aliphatic rings. The maximum Gasteiger partial charge on any atom is 0.163 e. The molecule has 2 nitrogen and oxygen atoms in total. The number of hydrogen-bond acceptors (Lipinski definition) is 2. The fraction of sp³-hybridized carbons (Fsp3) is 0.208. The maximum absolute atomic E-state index is 12.6. The predicted molar refractivity (Wildman–Crippen MR) is 106 cm³/mol. The summed E-state index contributed by atoms with van der Waals surface area (Å²) in [5.74, 6) is 0.168. The Morgan fingerprint density at radius 2 is 1.65 bits per heavy atom. The quantitative estimate of drug-likeness (QED) is 0.520. The summed E-state index contributed by atoms with van der Waals surface area (Å²) in [4.78, 5) is 12.6. The van der Waals surface area contributed by atoms with Crippen molar-refractivity contribution in [2.75, 3.05) is 7.11 Å². The van der Waals surface area contributed by atoms with E-state index in [9.17, 15) is 4.79 Å². The first-order valence-corrected chi connectivity index (χ1v) is 8.93. The summed E-state index contributed by atoms with van der Waals surface area (Å²) in [7, 11) is 1.68. The van der Waals surface area contributed by atoms with Gasteiger partial charge >= 0.3 is 0 Å². The smallest absolute Gasteiger partial charge is 0.163 e. The van der Waals surface area contributed by atoms with E-state index < -0.39 is 0 Å². The molecule has 0 atom stereocenters. The van der Waals surface area contributed by atoms with Crippen LogP contribution in [0.15, 0.2) is 72.8 Å². The van der Waals surface area contributed by atoms with Gasteiger partial charge in [0.15, 0.2) is 5.78 Å². The fourth-order valence-electron chi connectivity index (χ4n) is 3.10. The summed E-state index contributed by atoms with van der Waals surface area (Å²) in [6.45, 7) is 2.57. The Morgan fingerprint density at radius 3 is 2.35 bits per heavy atom. The van der Waals surface area contributed by atoms with Crippen LogP contribution in [0.2, 0.25) is 0 Å². The van der Waals surface area contributed by atoms with Gasteiger partial charge in [0.1, 0.15) is 0 Å². The third-order valence-corrected chi connectivity index (χ3v) is 4.57. The topological polar surface area (TPSA) is 26.3 Å². The molecule has 0 fully saturated rings. The summed E-state index contributed by atoms with van der Waals surface area (Å²) in [5.41, 5.74) is 6.48. The van der Waals surface area contributed by atoms with Crippen LogP contribution in [-0.4, -0.2) is 12.9 Å². The van der Waals surface area contributed by atoms with Crippen LogP contribution in [0.4, 0.5) is 0 Å². The first kappa shape index (κ1) is 18.1. The van der Waals surface area contributed by atoms with Crippen molar-refractivity contribution < 1.29 is 9.53 Å². The van der Waals surface area contributed by atoms with Crippen LogP contribution in [0.5, 0.6) is 0 Å². The molecule has 132 valence electrons. The molecule has 0 N–H and O–H groups in total. The fourth-order valence-corrected chi connectivity index (χ4v) is 3.10. The molecular weight excluding hydrogens is 320 g/mol. The van der Waals surface area contributed by atoms with E-state index >= 15 is 0 Å². The molecule has 3 aromatic carbocycles. The van der Waals surface area contributed by atoms with Crippen LogP contribution in [0.3, 0.4) is 0 Å². The number of carbonyl (C=O) groups is 1. The molecule has 0 saturated carbocycles. The van der Waals surface area contributed by atoms with Crippen LogP contribution in [0, 0.1) is 6.92 Å². The van der Waals surface area contributed by atoms with Crippen LogP contribution in [0.25, 0.3) is 11.1 Å². The van der Waals surface area contributed by atoms with E-state index in [1.807, 2.05) is 36.4 Å². The number of Topliss-reactive ketones (excluding diaryl/α,β-unsaturated/α-hetero) is 1. The lowest BCUT2D eigenvalue weighted by molar-refractivity contribution is 0.0982. The summed E-state index contributed by atoms with van der Waals surface area (Å²) < 4.78 is 5.37. The number of rotatable bonds is 7. The molecule has 3 rings (SSSR count). The van der Waals surface area contributed by atoms with Gasteiger partial charge in [-0.3, -0.25) is 4.79 Å². The standard InChI is InChI=1S/C24H24O2/c1-18-8-11-20(12-9-18)23-14-13-21(16-22(23)17-26-2)24(25)15-10-19-6-4-3-5-7-19/h3-9,11-14,16H,10,15,17H2,1-2H3. The second-order valence-electron chi connectivity index (χ2n) is 6.58. The van der Waals surface area contributed by atoms with Gasteiger partial charge in [0.05, 0.1) is 6.61 Å². The predicted octanol–water partition coefficient (Wildman–Crippen LogP) is 5.62. The molecule has 0 aliphatic heterocycles. The van der Waals surface area contributed by atoms with Crippen molar-refractivity contribution in [3.05, 3.63) is 95.1 Å². The SMILES string of the molecule is COCc1cc(C(=O)CCc2ccccc2)ccc1-c1ccc(C)cc1. The Labute approximate surface area is 155 Å². The first-order chi connectivity index (χ1) is 12.7. The Morgan fingerprint density at radius 1 is 0.923 bits per heavy atom. The van der Waals surface area contributed by atoms with E-state index in [-0.39, 0.29) is 5.78 Å². The minimum absolute atomic E-state index is 0.168. The number of ketones is 1. The van der Waals surface area contributed by atoms with E-state index in [2.05, 4.69) is 43.3 Å². The Balaban J connectivity index is 1.81. The molecule has 0 bridgehead atoms. The van der Waals surface area contributed by atoms with E-state index in [0.29, 0.717) is 13.0 Å². The van der Waals surface area contributed by atoms with Crippen molar-refractivity contribution in [3.63, 3.8) is 0 Å². The van der Waals surface area contributed by atoms with Gasteiger partial charge in [0.25, 0.3) is 0 Å². The third kappa shape index (κ3) is 4.47. The lowest BCUT2D eigenvalue weighted by Gasteiger charge is -2.12. The number of hydrogen-bond donors (Lipinski definition) is 0. The maximum atomic E-state index is 12.6. The molecular formula is C24H24O2. The molecule has 0 spiro atoms. The molecule has 0 heterocycles. The van der Waals surface area contributed by atoms with Crippen molar-refractivity contribution in [1.29, 1.82) is 0 Å². The van der Waals surface area contributed by atoms with Crippen molar-refractivity contribution in [3.8, 4) is 11.1 Å². The largest absolute Gasteiger partial charge is 0.380 e. The third-order valence-electron chi connectivity index (χ3n) is 4.57. The summed E-state index contributed by atoms with van der Waals surface area (Å²) >= 11 is 0. The molecule has 3 aromatic rings. The van der Waals surface area contributed by atoms with Crippen LogP contribution in [-0.2, 0) is 17.8 Å². The van der Waals surface area contributed by atoms with Crippen molar-refractivity contribution in [2.24, 2.45) is 0 Å². The van der Waals surface area contributed by atoms with E-state index in [1.165, 1.54) is 11.1 Å². The number of aryl methyl sites for hydroxylation is 2. The second kappa shape index (κ2) is 8.59.